The van der Waals surface area contributed by atoms with Gasteiger partial charge in [0.05, 0.1) is 6.10 Å². The van der Waals surface area contributed by atoms with Crippen molar-refractivity contribution >= 4 is 11.3 Å². The molecule has 1 aromatic heterocycles. The SMILES string of the molecule is CC(O)CN(Cc1ccsc1)C1CC1. The molecule has 1 aliphatic rings. The van der Waals surface area contributed by atoms with Crippen molar-refractivity contribution in [2.24, 2.45) is 0 Å². The summed E-state index contributed by atoms with van der Waals surface area (Å²) < 4.78 is 0. The topological polar surface area (TPSA) is 23.5 Å². The molecule has 3 heteroatoms. The predicted molar refractivity (Wildman–Crippen MR) is 59.4 cm³/mol. The summed E-state index contributed by atoms with van der Waals surface area (Å²) in [5.74, 6) is 0. The van der Waals surface area contributed by atoms with Crippen molar-refractivity contribution in [3.63, 3.8) is 0 Å². The molecule has 1 saturated carbocycles. The van der Waals surface area contributed by atoms with Crippen molar-refractivity contribution in [3.05, 3.63) is 22.4 Å². The lowest BCUT2D eigenvalue weighted by Gasteiger charge is -2.22. The van der Waals surface area contributed by atoms with Gasteiger partial charge >= 0.3 is 0 Å². The van der Waals surface area contributed by atoms with E-state index in [9.17, 15) is 5.11 Å². The molecule has 2 nitrogen and oxygen atoms in total. The molecule has 1 unspecified atom stereocenters. The number of rotatable bonds is 5. The second-order valence-electron chi connectivity index (χ2n) is 4.14. The first-order valence-electron chi connectivity index (χ1n) is 5.19. The lowest BCUT2D eigenvalue weighted by atomic mass is 10.2. The third kappa shape index (κ3) is 2.80. The Labute approximate surface area is 89.2 Å². The minimum Gasteiger partial charge on any atom is -0.392 e. The highest BCUT2D eigenvalue weighted by molar-refractivity contribution is 7.07. The first-order valence-corrected chi connectivity index (χ1v) is 6.13. The van der Waals surface area contributed by atoms with E-state index in [-0.39, 0.29) is 6.10 Å². The normalized spacial score (nSPS) is 18.8. The van der Waals surface area contributed by atoms with Crippen molar-refractivity contribution in [2.45, 2.75) is 38.5 Å². The molecule has 0 bridgehead atoms. The number of hydrogen-bond donors (Lipinski definition) is 1. The van der Waals surface area contributed by atoms with Crippen molar-refractivity contribution in [3.8, 4) is 0 Å². The van der Waals surface area contributed by atoms with Crippen LogP contribution in [0.1, 0.15) is 25.3 Å². The van der Waals surface area contributed by atoms with Crippen LogP contribution in [0.2, 0.25) is 0 Å². The van der Waals surface area contributed by atoms with Gasteiger partial charge in [0, 0.05) is 19.1 Å². The summed E-state index contributed by atoms with van der Waals surface area (Å²) in [7, 11) is 0. The number of aliphatic hydroxyl groups is 1. The molecule has 0 spiro atoms. The summed E-state index contributed by atoms with van der Waals surface area (Å²) in [6, 6.07) is 2.90. The van der Waals surface area contributed by atoms with Gasteiger partial charge in [0.25, 0.3) is 0 Å². The van der Waals surface area contributed by atoms with Crippen molar-refractivity contribution in [2.75, 3.05) is 6.54 Å². The van der Waals surface area contributed by atoms with Crippen LogP contribution in [0.25, 0.3) is 0 Å². The zero-order valence-electron chi connectivity index (χ0n) is 8.52. The fourth-order valence-electron chi connectivity index (χ4n) is 1.74. The summed E-state index contributed by atoms with van der Waals surface area (Å²) in [4.78, 5) is 2.40. The maximum absolute atomic E-state index is 9.39. The van der Waals surface area contributed by atoms with Crippen LogP contribution in [0.4, 0.5) is 0 Å². The lowest BCUT2D eigenvalue weighted by molar-refractivity contribution is 0.117. The van der Waals surface area contributed by atoms with Gasteiger partial charge in [0.1, 0.15) is 0 Å². The van der Waals surface area contributed by atoms with Crippen LogP contribution in [-0.4, -0.2) is 28.7 Å². The summed E-state index contributed by atoms with van der Waals surface area (Å²) in [5.41, 5.74) is 1.38. The van der Waals surface area contributed by atoms with E-state index in [2.05, 4.69) is 21.7 Å². The van der Waals surface area contributed by atoms with Crippen LogP contribution in [0, 0.1) is 0 Å². The third-order valence-corrected chi connectivity index (χ3v) is 3.26. The Balaban J connectivity index is 1.90. The van der Waals surface area contributed by atoms with Gasteiger partial charge in [-0.1, -0.05) is 0 Å². The second kappa shape index (κ2) is 4.43. The smallest absolute Gasteiger partial charge is 0.0639 e. The molecule has 1 fully saturated rings. The molecular formula is C11H17NOS. The first-order chi connectivity index (χ1) is 6.75. The zero-order chi connectivity index (χ0) is 9.97. The molecule has 2 rings (SSSR count). The lowest BCUT2D eigenvalue weighted by Crippen LogP contribution is -2.32. The minimum absolute atomic E-state index is 0.214. The Kier molecular flexibility index (Phi) is 3.21. The largest absolute Gasteiger partial charge is 0.392 e. The van der Waals surface area contributed by atoms with Gasteiger partial charge in [0.15, 0.2) is 0 Å². The highest BCUT2D eigenvalue weighted by Crippen LogP contribution is 2.28. The molecule has 1 N–H and O–H groups in total. The van der Waals surface area contributed by atoms with Gasteiger partial charge in [-0.3, -0.25) is 4.90 Å². The molecule has 0 aromatic carbocycles. The summed E-state index contributed by atoms with van der Waals surface area (Å²) in [6.07, 6.45) is 2.39. The highest BCUT2D eigenvalue weighted by Gasteiger charge is 2.29. The molecular weight excluding hydrogens is 194 g/mol. The number of nitrogens with zero attached hydrogens (tertiary/aromatic N) is 1. The van der Waals surface area contributed by atoms with E-state index in [1.165, 1.54) is 18.4 Å². The average molecular weight is 211 g/mol. The zero-order valence-corrected chi connectivity index (χ0v) is 9.33. The molecule has 0 aliphatic heterocycles. The Hall–Kier alpha value is -0.380. The molecule has 0 amide bonds. The molecule has 1 atom stereocenters. The second-order valence-corrected chi connectivity index (χ2v) is 4.92. The number of hydrogen-bond acceptors (Lipinski definition) is 3. The first kappa shape index (κ1) is 10.1. The van der Waals surface area contributed by atoms with Crippen LogP contribution < -0.4 is 0 Å². The van der Waals surface area contributed by atoms with E-state index in [1.54, 1.807) is 11.3 Å². The van der Waals surface area contributed by atoms with E-state index >= 15 is 0 Å². The maximum Gasteiger partial charge on any atom is 0.0639 e. The third-order valence-electron chi connectivity index (χ3n) is 2.53. The molecule has 1 heterocycles. The standard InChI is InChI=1S/C11H17NOS/c1-9(13)6-12(11-2-3-11)7-10-4-5-14-8-10/h4-5,8-9,11,13H,2-3,6-7H2,1H3. The fourth-order valence-corrected chi connectivity index (χ4v) is 2.40. The van der Waals surface area contributed by atoms with Crippen molar-refractivity contribution < 1.29 is 5.11 Å². The fraction of sp³-hybridized carbons (Fsp3) is 0.636. The van der Waals surface area contributed by atoms with Crippen molar-refractivity contribution in [1.82, 2.24) is 4.90 Å². The van der Waals surface area contributed by atoms with Gasteiger partial charge < -0.3 is 5.11 Å². The van der Waals surface area contributed by atoms with Crippen LogP contribution >= 0.6 is 11.3 Å². The number of aliphatic hydroxyl groups excluding tert-OH is 1. The molecule has 0 saturated heterocycles. The Morgan fingerprint density at radius 1 is 1.64 bits per heavy atom. The molecule has 0 radical (unpaired) electrons. The van der Waals surface area contributed by atoms with Gasteiger partial charge in [-0.15, -0.1) is 0 Å². The quantitative estimate of drug-likeness (QED) is 0.806. The van der Waals surface area contributed by atoms with Crippen LogP contribution in [0.15, 0.2) is 16.8 Å². The summed E-state index contributed by atoms with van der Waals surface area (Å²) in [6.45, 7) is 3.67. The van der Waals surface area contributed by atoms with Gasteiger partial charge in [-0.2, -0.15) is 11.3 Å². The van der Waals surface area contributed by atoms with Crippen LogP contribution in [0.5, 0.6) is 0 Å². The Bertz CT molecular complexity index is 267. The summed E-state index contributed by atoms with van der Waals surface area (Å²) in [5, 5.41) is 13.7. The average Bonchev–Trinajstić information content (AvgIpc) is 2.85. The molecule has 78 valence electrons. The van der Waals surface area contributed by atoms with Gasteiger partial charge in [-0.05, 0) is 42.2 Å². The van der Waals surface area contributed by atoms with E-state index in [1.807, 2.05) is 6.92 Å². The Morgan fingerprint density at radius 3 is 2.93 bits per heavy atom. The predicted octanol–water partition coefficient (Wildman–Crippen LogP) is 2.09. The Morgan fingerprint density at radius 2 is 2.43 bits per heavy atom. The van der Waals surface area contributed by atoms with Gasteiger partial charge in [0.2, 0.25) is 0 Å². The van der Waals surface area contributed by atoms with Crippen molar-refractivity contribution in [1.29, 1.82) is 0 Å². The van der Waals surface area contributed by atoms with E-state index in [0.29, 0.717) is 0 Å². The van der Waals surface area contributed by atoms with Gasteiger partial charge in [-0.25, -0.2) is 0 Å². The molecule has 1 aliphatic carbocycles. The highest BCUT2D eigenvalue weighted by atomic mass is 32.1. The van der Waals surface area contributed by atoms with Crippen LogP contribution in [-0.2, 0) is 6.54 Å². The molecule has 14 heavy (non-hydrogen) atoms. The van der Waals surface area contributed by atoms with Crippen LogP contribution in [0.3, 0.4) is 0 Å². The monoisotopic (exact) mass is 211 g/mol. The van der Waals surface area contributed by atoms with E-state index < -0.39 is 0 Å². The van der Waals surface area contributed by atoms with E-state index in [4.69, 9.17) is 0 Å². The minimum atomic E-state index is -0.214. The maximum atomic E-state index is 9.39. The van der Waals surface area contributed by atoms with E-state index in [0.717, 1.165) is 19.1 Å². The summed E-state index contributed by atoms with van der Waals surface area (Å²) >= 11 is 1.74. The molecule has 1 aromatic rings. The number of thiophene rings is 1.